The molecule has 0 radical (unpaired) electrons. The maximum Gasteiger partial charge on any atom is 0.411 e. The number of quaternary nitrogens is 1. The summed E-state index contributed by atoms with van der Waals surface area (Å²) in [6, 6.07) is 28.3. The van der Waals surface area contributed by atoms with E-state index in [9.17, 15) is 24.6 Å². The molecule has 52 heavy (non-hydrogen) atoms. The molecule has 12 nitrogen and oxygen atoms in total. The molecule has 1 atom stereocenters. The van der Waals surface area contributed by atoms with Gasteiger partial charge in [-0.1, -0.05) is 48.5 Å². The Hall–Kier alpha value is -5.69. The van der Waals surface area contributed by atoms with Crippen molar-refractivity contribution >= 4 is 34.3 Å². The summed E-state index contributed by atoms with van der Waals surface area (Å²) in [5, 5.41) is 30.4. The quantitative estimate of drug-likeness (QED) is 0.0924. The zero-order valence-corrected chi connectivity index (χ0v) is 29.2. The molecule has 0 unspecified atom stereocenters. The van der Waals surface area contributed by atoms with Gasteiger partial charge in [0.2, 0.25) is 5.56 Å². The second-order valence-corrected chi connectivity index (χ2v) is 13.7. The number of fused-ring (bicyclic) bond motifs is 1. The first-order chi connectivity index (χ1) is 25.0. The van der Waals surface area contributed by atoms with Gasteiger partial charge in [0, 0.05) is 54.7 Å². The third-order valence-electron chi connectivity index (χ3n) is 9.24. The molecule has 1 aromatic heterocycles. The first kappa shape index (κ1) is 36.1. The number of phenolic OH excluding ortho intramolecular Hbond substituents is 1. The van der Waals surface area contributed by atoms with Gasteiger partial charge in [-0.05, 0) is 53.1 Å². The second-order valence-electron chi connectivity index (χ2n) is 13.7. The zero-order chi connectivity index (χ0) is 36.7. The Bertz CT molecular complexity index is 2070. The molecule has 1 saturated heterocycles. The number of carbonyl (C=O) groups excluding carboxylic acids is 2. The summed E-state index contributed by atoms with van der Waals surface area (Å²) in [6.07, 6.45) is 0.0686. The number of nitrogens with zero attached hydrogens (tertiary/aromatic N) is 1. The van der Waals surface area contributed by atoms with E-state index in [0.29, 0.717) is 34.6 Å². The predicted molar refractivity (Wildman–Crippen MR) is 200 cm³/mol. The number of H-pyrrole nitrogens is 1. The molecule has 1 aliphatic rings. The first-order valence-corrected chi connectivity index (χ1v) is 17.3. The lowest BCUT2D eigenvalue weighted by molar-refractivity contribution is -0.896. The van der Waals surface area contributed by atoms with Gasteiger partial charge in [0.05, 0.1) is 44.5 Å². The van der Waals surface area contributed by atoms with Gasteiger partial charge in [0.1, 0.15) is 17.6 Å². The van der Waals surface area contributed by atoms with Gasteiger partial charge < -0.3 is 39.8 Å². The SMILES string of the molecule is C[N+]1(C)CCC(OC(=O)Nc2cc(OCC(=O)Nc3ccc(CNC[C@@H](O)c4ccc(O)c5[nH]c(=O)ccc45)cc3)ccc2-c2ccccc2)CC1. The Balaban J connectivity index is 1.01. The average molecular weight is 707 g/mol. The molecule has 2 amide bonds. The lowest BCUT2D eigenvalue weighted by Gasteiger charge is -2.36. The minimum absolute atomic E-state index is 0.0632. The summed E-state index contributed by atoms with van der Waals surface area (Å²) in [5.41, 5.74) is 4.29. The van der Waals surface area contributed by atoms with Crippen LogP contribution in [0.25, 0.3) is 22.0 Å². The summed E-state index contributed by atoms with van der Waals surface area (Å²) in [5.74, 6) is 0.00181. The number of nitrogens with one attached hydrogen (secondary N) is 4. The lowest BCUT2D eigenvalue weighted by Crippen LogP contribution is -2.48. The molecule has 5 aromatic rings. The smallest absolute Gasteiger partial charge is 0.411 e. The molecule has 0 spiro atoms. The van der Waals surface area contributed by atoms with E-state index in [-0.39, 0.29) is 42.0 Å². The standard InChI is InChI=1S/C40H43N5O7/c1-45(2)20-18-29(19-21-45)52-40(50)43-34-22-30(12-13-31(34)27-6-4-3-5-7-27)51-25-38(49)42-28-10-8-26(9-11-28)23-41-24-36(47)32-14-16-35(46)39-33(32)15-17-37(48)44-39/h3-17,22,29,36,41,47H,18-21,23-25H2,1-2H3,(H3-,42,43,44,46,48,49,50)/p+1/t36-/m1/s1. The molecule has 6 rings (SSSR count). The van der Waals surface area contributed by atoms with Crippen LogP contribution in [0.3, 0.4) is 0 Å². The number of benzene rings is 4. The molecule has 12 heteroatoms. The Labute approximate surface area is 301 Å². The maximum atomic E-state index is 13.0. The van der Waals surface area contributed by atoms with Crippen molar-refractivity contribution in [2.45, 2.75) is 31.6 Å². The number of likely N-dealkylation sites (tertiary alicyclic amines) is 1. The summed E-state index contributed by atoms with van der Waals surface area (Å²) in [6.45, 7) is 2.34. The highest BCUT2D eigenvalue weighted by Gasteiger charge is 2.28. The number of hydrogen-bond donors (Lipinski definition) is 6. The predicted octanol–water partition coefficient (Wildman–Crippen LogP) is 5.53. The Morgan fingerprint density at radius 1 is 0.923 bits per heavy atom. The minimum atomic E-state index is -0.878. The first-order valence-electron chi connectivity index (χ1n) is 17.3. The largest absolute Gasteiger partial charge is 0.506 e. The molecule has 0 saturated carbocycles. The topological polar surface area (TPSA) is 162 Å². The van der Waals surface area contributed by atoms with Gasteiger partial charge in [0.25, 0.3) is 5.91 Å². The van der Waals surface area contributed by atoms with Crippen molar-refractivity contribution in [3.8, 4) is 22.6 Å². The van der Waals surface area contributed by atoms with Gasteiger partial charge in [-0.3, -0.25) is 14.9 Å². The van der Waals surface area contributed by atoms with Crippen molar-refractivity contribution in [1.29, 1.82) is 0 Å². The van der Waals surface area contributed by atoms with E-state index in [2.05, 4.69) is 35.0 Å². The molecule has 6 N–H and O–H groups in total. The highest BCUT2D eigenvalue weighted by Crippen LogP contribution is 2.32. The number of aromatic nitrogens is 1. The summed E-state index contributed by atoms with van der Waals surface area (Å²) in [7, 11) is 4.35. The summed E-state index contributed by atoms with van der Waals surface area (Å²) >= 11 is 0. The number of piperidine rings is 1. The van der Waals surface area contributed by atoms with Crippen LogP contribution in [0.1, 0.15) is 30.1 Å². The molecule has 1 aliphatic heterocycles. The molecule has 4 aromatic carbocycles. The fourth-order valence-electron chi connectivity index (χ4n) is 6.30. The number of hydrogen-bond acceptors (Lipinski definition) is 8. The number of amides is 2. The monoisotopic (exact) mass is 706 g/mol. The number of aromatic amines is 1. The molecule has 2 heterocycles. The second kappa shape index (κ2) is 16.1. The molecule has 270 valence electrons. The fourth-order valence-corrected chi connectivity index (χ4v) is 6.30. The Morgan fingerprint density at radius 3 is 2.42 bits per heavy atom. The summed E-state index contributed by atoms with van der Waals surface area (Å²) in [4.78, 5) is 40.1. The number of aliphatic hydroxyl groups excluding tert-OH is 1. The van der Waals surface area contributed by atoms with Crippen LogP contribution in [0.5, 0.6) is 11.5 Å². The van der Waals surface area contributed by atoms with E-state index < -0.39 is 12.2 Å². The van der Waals surface area contributed by atoms with Crippen LogP contribution in [0, 0.1) is 0 Å². The van der Waals surface area contributed by atoms with Crippen molar-refractivity contribution < 1.29 is 33.8 Å². The van der Waals surface area contributed by atoms with Gasteiger partial charge in [-0.2, -0.15) is 0 Å². The molecular weight excluding hydrogens is 662 g/mol. The van der Waals surface area contributed by atoms with Crippen LogP contribution in [0.15, 0.2) is 102 Å². The van der Waals surface area contributed by atoms with Crippen LogP contribution < -0.4 is 26.2 Å². The number of ether oxygens (including phenoxy) is 2. The third-order valence-corrected chi connectivity index (χ3v) is 9.24. The van der Waals surface area contributed by atoms with E-state index >= 15 is 0 Å². The van der Waals surface area contributed by atoms with Gasteiger partial charge in [0.15, 0.2) is 6.61 Å². The molecule has 0 bridgehead atoms. The minimum Gasteiger partial charge on any atom is -0.506 e. The highest BCUT2D eigenvalue weighted by molar-refractivity contribution is 5.93. The van der Waals surface area contributed by atoms with E-state index in [4.69, 9.17) is 9.47 Å². The number of anilines is 2. The number of phenols is 1. The summed E-state index contributed by atoms with van der Waals surface area (Å²) < 4.78 is 12.5. The van der Waals surface area contributed by atoms with Crippen LogP contribution in [-0.4, -0.2) is 78.1 Å². The number of pyridine rings is 1. The van der Waals surface area contributed by atoms with Crippen LogP contribution in [0.4, 0.5) is 16.2 Å². The zero-order valence-electron chi connectivity index (χ0n) is 29.2. The number of aromatic hydroxyl groups is 1. The lowest BCUT2D eigenvalue weighted by atomic mass is 10.0. The van der Waals surface area contributed by atoms with Gasteiger partial charge in [-0.15, -0.1) is 0 Å². The van der Waals surface area contributed by atoms with Gasteiger partial charge in [-0.25, -0.2) is 4.79 Å². The van der Waals surface area contributed by atoms with Crippen molar-refractivity contribution in [1.82, 2.24) is 10.3 Å². The number of rotatable bonds is 12. The molecular formula is C40H44N5O7+. The van der Waals surface area contributed by atoms with E-state index in [0.717, 1.165) is 47.1 Å². The fraction of sp³-hybridized carbons (Fsp3) is 0.275. The normalized spacial score (nSPS) is 14.8. The van der Waals surface area contributed by atoms with E-state index in [1.807, 2.05) is 48.5 Å². The van der Waals surface area contributed by atoms with Gasteiger partial charge >= 0.3 is 6.09 Å². The maximum absolute atomic E-state index is 13.0. The Morgan fingerprint density at radius 2 is 1.67 bits per heavy atom. The molecule has 1 fully saturated rings. The average Bonchev–Trinajstić information content (AvgIpc) is 3.13. The Kier molecular flexibility index (Phi) is 11.2. The van der Waals surface area contributed by atoms with E-state index in [1.165, 1.54) is 12.1 Å². The van der Waals surface area contributed by atoms with Crippen molar-refractivity contribution in [3.05, 3.63) is 119 Å². The van der Waals surface area contributed by atoms with Crippen LogP contribution >= 0.6 is 0 Å². The van der Waals surface area contributed by atoms with Crippen molar-refractivity contribution in [3.63, 3.8) is 0 Å². The highest BCUT2D eigenvalue weighted by atomic mass is 16.6. The van der Waals surface area contributed by atoms with Crippen molar-refractivity contribution in [2.24, 2.45) is 0 Å². The number of carbonyl (C=O) groups is 2. The number of aliphatic hydroxyl groups is 1. The third kappa shape index (κ3) is 9.34. The van der Waals surface area contributed by atoms with Crippen LogP contribution in [0.2, 0.25) is 0 Å². The molecule has 0 aliphatic carbocycles. The van der Waals surface area contributed by atoms with E-state index in [1.54, 1.807) is 36.4 Å². The van der Waals surface area contributed by atoms with Crippen molar-refractivity contribution in [2.75, 3.05) is 51.0 Å². The van der Waals surface area contributed by atoms with Crippen LogP contribution in [-0.2, 0) is 16.1 Å².